The Morgan fingerprint density at radius 1 is 1.14 bits per heavy atom. The van der Waals surface area contributed by atoms with Crippen molar-refractivity contribution in [3.8, 4) is 0 Å². The van der Waals surface area contributed by atoms with E-state index in [9.17, 15) is 4.57 Å². The molecule has 3 nitrogen and oxygen atoms in total. The van der Waals surface area contributed by atoms with Gasteiger partial charge in [0.05, 0.1) is 0 Å². The van der Waals surface area contributed by atoms with Gasteiger partial charge in [0.15, 0.2) is 0 Å². The summed E-state index contributed by atoms with van der Waals surface area (Å²) in [4.78, 5) is 0. The van der Waals surface area contributed by atoms with Crippen LogP contribution in [0.25, 0.3) is 0 Å². The molecule has 0 unspecified atom stereocenters. The van der Waals surface area contributed by atoms with E-state index in [-0.39, 0.29) is 0 Å². The van der Waals surface area contributed by atoms with E-state index in [1.165, 1.54) is 0 Å². The van der Waals surface area contributed by atoms with Crippen LogP contribution < -0.4 is 0 Å². The van der Waals surface area contributed by atoms with Crippen molar-refractivity contribution in [2.75, 3.05) is 0 Å². The predicted molar refractivity (Wildman–Crippen MR) is 64.4 cm³/mol. The lowest BCUT2D eigenvalue weighted by molar-refractivity contribution is 0.346. The van der Waals surface area contributed by atoms with Crippen molar-refractivity contribution in [2.45, 2.75) is 26.7 Å². The molecule has 0 spiro atoms. The van der Waals surface area contributed by atoms with Gasteiger partial charge in [0.25, 0.3) is 0 Å². The fourth-order valence-electron chi connectivity index (χ4n) is 0.557. The molecule has 0 saturated carbocycles. The maximum Gasteiger partial charge on any atom is 0.806 e. The Kier molecular flexibility index (Phi) is 8.53. The van der Waals surface area contributed by atoms with Crippen molar-refractivity contribution in [1.29, 1.82) is 0 Å². The normalized spacial score (nSPS) is 13.9. The molecule has 0 aromatic carbocycles. The van der Waals surface area contributed by atoms with E-state index in [0.717, 1.165) is 12.8 Å². The third-order valence-corrected chi connectivity index (χ3v) is 3.22. The third-order valence-electron chi connectivity index (χ3n) is 1.05. The third kappa shape index (κ3) is 7.54. The van der Waals surface area contributed by atoms with E-state index in [0.29, 0.717) is 9.34 Å². The zero-order chi connectivity index (χ0) is 11.0. The van der Waals surface area contributed by atoms with Crippen molar-refractivity contribution in [3.05, 3.63) is 21.5 Å². The Morgan fingerprint density at radius 2 is 1.50 bits per heavy atom. The number of halogens is 2. The minimum Gasteiger partial charge on any atom is -0.215 e. The van der Waals surface area contributed by atoms with E-state index >= 15 is 0 Å². The van der Waals surface area contributed by atoms with Crippen molar-refractivity contribution in [2.24, 2.45) is 0 Å². The summed E-state index contributed by atoms with van der Waals surface area (Å²) in [6, 6.07) is 0. The Morgan fingerprint density at radius 3 is 1.79 bits per heavy atom. The summed E-state index contributed by atoms with van der Waals surface area (Å²) < 4.78 is 21.8. The van der Waals surface area contributed by atoms with Crippen LogP contribution in [0.5, 0.6) is 0 Å². The summed E-state index contributed by atoms with van der Waals surface area (Å²) in [6.07, 6.45) is 5.12. The standard InChI is InChI=1S/C8H12Br2O3P/c1-3-5-7(9)12-14(11)13-8(10)6-4-2/h5-6H,3-4H2,1-2H3/q+1/b7-5+,8-6+. The molecule has 14 heavy (non-hydrogen) atoms. The van der Waals surface area contributed by atoms with Crippen LogP contribution in [0, 0.1) is 0 Å². The van der Waals surface area contributed by atoms with Crippen LogP contribution in [-0.2, 0) is 13.6 Å². The summed E-state index contributed by atoms with van der Waals surface area (Å²) in [7, 11) is -2.16. The highest BCUT2D eigenvalue weighted by Gasteiger charge is 2.24. The first-order chi connectivity index (χ1) is 6.60. The van der Waals surface area contributed by atoms with E-state index in [2.05, 4.69) is 31.9 Å². The highest BCUT2D eigenvalue weighted by Crippen LogP contribution is 2.34. The number of rotatable bonds is 6. The Bertz CT molecular complexity index is 227. The van der Waals surface area contributed by atoms with Crippen LogP contribution in [0.1, 0.15) is 26.7 Å². The van der Waals surface area contributed by atoms with Crippen molar-refractivity contribution < 1.29 is 13.6 Å². The van der Waals surface area contributed by atoms with Gasteiger partial charge in [0.2, 0.25) is 9.34 Å². The lowest BCUT2D eigenvalue weighted by Crippen LogP contribution is -1.78. The lowest BCUT2D eigenvalue weighted by atomic mass is 10.5. The molecule has 0 saturated heterocycles. The van der Waals surface area contributed by atoms with E-state index in [4.69, 9.17) is 9.05 Å². The van der Waals surface area contributed by atoms with Crippen LogP contribution in [0.3, 0.4) is 0 Å². The molecule has 0 atom stereocenters. The molecule has 0 aromatic heterocycles. The summed E-state index contributed by atoms with van der Waals surface area (Å²) >= 11 is 6.22. The number of hydrogen-bond acceptors (Lipinski definition) is 3. The fourth-order valence-corrected chi connectivity index (χ4v) is 2.38. The van der Waals surface area contributed by atoms with Gasteiger partial charge in [0.1, 0.15) is 0 Å². The van der Waals surface area contributed by atoms with Gasteiger partial charge in [-0.05, 0) is 56.9 Å². The summed E-state index contributed by atoms with van der Waals surface area (Å²) in [5, 5.41) is 0. The second-order valence-electron chi connectivity index (χ2n) is 2.24. The van der Waals surface area contributed by atoms with Gasteiger partial charge in [-0.1, -0.05) is 13.8 Å². The van der Waals surface area contributed by atoms with Crippen LogP contribution >= 0.6 is 40.1 Å². The molecule has 0 rings (SSSR count). The largest absolute Gasteiger partial charge is 0.806 e. The summed E-state index contributed by atoms with van der Waals surface area (Å²) in [5.74, 6) is 0. The zero-order valence-corrected chi connectivity index (χ0v) is 12.1. The minimum atomic E-state index is -2.16. The first kappa shape index (κ1) is 14.1. The van der Waals surface area contributed by atoms with Gasteiger partial charge in [-0.25, -0.2) is 9.05 Å². The molecule has 0 aromatic rings. The monoisotopic (exact) mass is 345 g/mol. The average molecular weight is 347 g/mol. The van der Waals surface area contributed by atoms with Crippen LogP contribution in [0.2, 0.25) is 0 Å². The molecule has 0 radical (unpaired) electrons. The second kappa shape index (κ2) is 8.45. The molecule has 0 aliphatic rings. The number of allylic oxidation sites excluding steroid dienone is 2. The van der Waals surface area contributed by atoms with Crippen molar-refractivity contribution in [3.63, 3.8) is 0 Å². The van der Waals surface area contributed by atoms with Crippen LogP contribution in [0.15, 0.2) is 21.5 Å². The van der Waals surface area contributed by atoms with Crippen molar-refractivity contribution in [1.82, 2.24) is 0 Å². The molecule has 0 N–H and O–H groups in total. The van der Waals surface area contributed by atoms with Gasteiger partial charge in [-0.15, -0.1) is 0 Å². The highest BCUT2D eigenvalue weighted by molar-refractivity contribution is 9.11. The second-order valence-corrected chi connectivity index (χ2v) is 4.61. The van der Waals surface area contributed by atoms with Gasteiger partial charge < -0.3 is 0 Å². The Balaban J connectivity index is 3.99. The van der Waals surface area contributed by atoms with E-state index in [1.54, 1.807) is 12.2 Å². The topological polar surface area (TPSA) is 35.5 Å². The zero-order valence-electron chi connectivity index (χ0n) is 8.00. The quantitative estimate of drug-likeness (QED) is 0.503. The molecule has 0 heterocycles. The molecule has 6 heteroatoms. The SMILES string of the molecule is CC/C=C(\Br)O[P+](=O)O/C(Br)=C/CC. The Labute approximate surface area is 102 Å². The van der Waals surface area contributed by atoms with Crippen molar-refractivity contribution >= 4 is 40.1 Å². The van der Waals surface area contributed by atoms with E-state index < -0.39 is 8.25 Å². The lowest BCUT2D eigenvalue weighted by Gasteiger charge is -1.90. The smallest absolute Gasteiger partial charge is 0.215 e. The Hall–Kier alpha value is 0.140. The maximum atomic E-state index is 11.2. The van der Waals surface area contributed by atoms with Gasteiger partial charge in [-0.3, -0.25) is 0 Å². The maximum absolute atomic E-state index is 11.2. The summed E-state index contributed by atoms with van der Waals surface area (Å²) in [6.45, 7) is 3.90. The van der Waals surface area contributed by atoms with Crippen LogP contribution in [-0.4, -0.2) is 0 Å². The molecule has 80 valence electrons. The average Bonchev–Trinajstić information content (AvgIpc) is 2.03. The molecule has 0 amide bonds. The molecular formula is C8H12Br2O3P+. The minimum absolute atomic E-state index is 0.429. The van der Waals surface area contributed by atoms with E-state index in [1.807, 2.05) is 13.8 Å². The molecule has 0 aliphatic carbocycles. The number of hydrogen-bond donors (Lipinski definition) is 0. The molecule has 0 fully saturated rings. The molecule has 0 aliphatic heterocycles. The summed E-state index contributed by atoms with van der Waals surface area (Å²) in [5.41, 5.74) is 0. The predicted octanol–water partition coefficient (Wildman–Crippen LogP) is 4.97. The molecule has 0 bridgehead atoms. The molecular weight excluding hydrogens is 335 g/mol. The fraction of sp³-hybridized carbons (Fsp3) is 0.500. The van der Waals surface area contributed by atoms with Gasteiger partial charge in [0, 0.05) is 4.57 Å². The van der Waals surface area contributed by atoms with Gasteiger partial charge in [-0.2, -0.15) is 0 Å². The van der Waals surface area contributed by atoms with Gasteiger partial charge >= 0.3 is 8.25 Å². The van der Waals surface area contributed by atoms with Crippen LogP contribution in [0.4, 0.5) is 0 Å². The highest BCUT2D eigenvalue weighted by atomic mass is 79.9. The first-order valence-electron chi connectivity index (χ1n) is 4.14. The first-order valence-corrected chi connectivity index (χ1v) is 6.82.